The number of rotatable bonds is 4. The molecule has 1 atom stereocenters. The van der Waals surface area contributed by atoms with E-state index in [9.17, 15) is 18.3 Å². The van der Waals surface area contributed by atoms with Crippen LogP contribution in [0.1, 0.15) is 22.8 Å². The lowest BCUT2D eigenvalue weighted by atomic mass is 9.94. The smallest absolute Gasteiger partial charge is 0.383 e. The largest absolute Gasteiger partial charge is 0.416 e. The predicted octanol–water partition coefficient (Wildman–Crippen LogP) is 6.11. The van der Waals surface area contributed by atoms with Gasteiger partial charge in [-0.3, -0.25) is 4.98 Å². The van der Waals surface area contributed by atoms with Crippen molar-refractivity contribution >= 4 is 22.6 Å². The molecule has 2 aromatic carbocycles. The number of nitrogens with zero attached hydrogens (tertiary/aromatic N) is 2. The summed E-state index contributed by atoms with van der Waals surface area (Å²) in [5.74, 6) is 0.289. The molecule has 0 bridgehead atoms. The van der Waals surface area contributed by atoms with Gasteiger partial charge in [0.15, 0.2) is 5.76 Å². The van der Waals surface area contributed by atoms with E-state index in [1.54, 1.807) is 24.4 Å². The normalized spacial score (nSPS) is 12.7. The molecule has 2 aromatic heterocycles. The molecule has 30 heavy (non-hydrogen) atoms. The van der Waals surface area contributed by atoms with Gasteiger partial charge in [-0.1, -0.05) is 35.5 Å². The Labute approximate surface area is 183 Å². The van der Waals surface area contributed by atoms with Crippen LogP contribution >= 0.6 is 22.6 Å². The van der Waals surface area contributed by atoms with E-state index in [2.05, 4.69) is 32.7 Å². The molecule has 4 nitrogen and oxygen atoms in total. The van der Waals surface area contributed by atoms with Gasteiger partial charge in [0.25, 0.3) is 0 Å². The molecular weight excluding hydrogens is 508 g/mol. The summed E-state index contributed by atoms with van der Waals surface area (Å²) < 4.78 is 46.1. The molecule has 2 heterocycles. The molecule has 0 spiro atoms. The first-order chi connectivity index (χ1) is 14.3. The van der Waals surface area contributed by atoms with Crippen LogP contribution in [0, 0.1) is 3.57 Å². The molecule has 1 N–H and O–H groups in total. The molecule has 0 aliphatic carbocycles. The van der Waals surface area contributed by atoms with Crippen molar-refractivity contribution in [1.82, 2.24) is 10.1 Å². The predicted molar refractivity (Wildman–Crippen MR) is 113 cm³/mol. The summed E-state index contributed by atoms with van der Waals surface area (Å²) >= 11 is 2.14. The van der Waals surface area contributed by atoms with Crippen LogP contribution < -0.4 is 0 Å². The van der Waals surface area contributed by atoms with E-state index in [1.807, 2.05) is 18.2 Å². The highest BCUT2D eigenvalue weighted by atomic mass is 127. The second-order valence-electron chi connectivity index (χ2n) is 6.55. The molecular formula is C22H14F3IN2O2. The zero-order chi connectivity index (χ0) is 21.3. The fourth-order valence-electron chi connectivity index (χ4n) is 3.14. The molecule has 0 aliphatic heterocycles. The van der Waals surface area contributed by atoms with E-state index in [1.165, 1.54) is 18.3 Å². The van der Waals surface area contributed by atoms with Gasteiger partial charge in [-0.25, -0.2) is 0 Å². The Hall–Kier alpha value is -2.72. The number of hydrogen-bond acceptors (Lipinski definition) is 4. The number of alkyl halides is 3. The molecule has 4 aromatic rings. The number of halogens is 4. The Kier molecular flexibility index (Phi) is 5.61. The van der Waals surface area contributed by atoms with Crippen LogP contribution in [0.4, 0.5) is 13.2 Å². The van der Waals surface area contributed by atoms with Crippen molar-refractivity contribution in [3.8, 4) is 22.6 Å². The fraction of sp³-hybridized carbons (Fsp3) is 0.0909. The number of aliphatic hydroxyl groups excluding tert-OH is 1. The number of aromatic nitrogens is 2. The molecule has 0 radical (unpaired) electrons. The van der Waals surface area contributed by atoms with Crippen LogP contribution in [-0.2, 0) is 6.18 Å². The Morgan fingerprint density at radius 1 is 0.967 bits per heavy atom. The molecule has 0 saturated heterocycles. The van der Waals surface area contributed by atoms with Gasteiger partial charge in [0.2, 0.25) is 0 Å². The van der Waals surface area contributed by atoms with E-state index in [4.69, 9.17) is 4.52 Å². The minimum Gasteiger partial charge on any atom is -0.383 e. The number of aliphatic hydroxyl groups is 1. The zero-order valence-electron chi connectivity index (χ0n) is 15.3. The summed E-state index contributed by atoms with van der Waals surface area (Å²) in [4.78, 5) is 4.02. The van der Waals surface area contributed by atoms with Gasteiger partial charge in [-0.05, 0) is 52.9 Å². The van der Waals surface area contributed by atoms with Crippen LogP contribution in [0.15, 0.2) is 77.6 Å². The lowest BCUT2D eigenvalue weighted by Crippen LogP contribution is -2.06. The van der Waals surface area contributed by atoms with Gasteiger partial charge in [0.05, 0.1) is 11.1 Å². The zero-order valence-corrected chi connectivity index (χ0v) is 17.4. The summed E-state index contributed by atoms with van der Waals surface area (Å²) in [5.41, 5.74) is 0.950. The van der Waals surface area contributed by atoms with Gasteiger partial charge in [0.1, 0.15) is 11.8 Å². The Morgan fingerprint density at radius 3 is 2.43 bits per heavy atom. The standard InChI is InChI=1S/C22H14F3IN2O2/c23-22(24,25)16-7-1-4-13(10-16)19-18(20(29)15-6-3-9-27-12-15)21(30-28-19)14-5-2-8-17(26)11-14/h1-12,20,29H. The van der Waals surface area contributed by atoms with Crippen LogP contribution in [-0.4, -0.2) is 15.2 Å². The second kappa shape index (κ2) is 8.19. The van der Waals surface area contributed by atoms with Crippen LogP contribution in [0.5, 0.6) is 0 Å². The quantitative estimate of drug-likeness (QED) is 0.329. The maximum Gasteiger partial charge on any atom is 0.416 e. The number of pyridine rings is 1. The minimum atomic E-state index is -4.50. The molecule has 0 saturated carbocycles. The van der Waals surface area contributed by atoms with Crippen molar-refractivity contribution in [1.29, 1.82) is 0 Å². The van der Waals surface area contributed by atoms with E-state index in [-0.39, 0.29) is 22.6 Å². The first-order valence-corrected chi connectivity index (χ1v) is 9.93. The molecule has 0 amide bonds. The molecule has 8 heteroatoms. The highest BCUT2D eigenvalue weighted by Gasteiger charge is 2.32. The third-order valence-corrected chi connectivity index (χ3v) is 5.22. The Balaban J connectivity index is 1.92. The summed E-state index contributed by atoms with van der Waals surface area (Å²) in [5, 5.41) is 15.1. The van der Waals surface area contributed by atoms with Crippen molar-refractivity contribution in [2.45, 2.75) is 12.3 Å². The molecule has 1 unspecified atom stereocenters. The molecule has 0 fully saturated rings. The van der Waals surface area contributed by atoms with E-state index >= 15 is 0 Å². The highest BCUT2D eigenvalue weighted by Crippen LogP contribution is 2.40. The van der Waals surface area contributed by atoms with Crippen LogP contribution in [0.2, 0.25) is 0 Å². The molecule has 0 aliphatic rings. The maximum absolute atomic E-state index is 13.2. The highest BCUT2D eigenvalue weighted by molar-refractivity contribution is 14.1. The summed E-state index contributed by atoms with van der Waals surface area (Å²) in [6.07, 6.45) is -2.63. The van der Waals surface area contributed by atoms with E-state index in [0.29, 0.717) is 11.1 Å². The van der Waals surface area contributed by atoms with Gasteiger partial charge in [0, 0.05) is 32.7 Å². The number of hydrogen-bond donors (Lipinski definition) is 1. The maximum atomic E-state index is 13.2. The summed E-state index contributed by atoms with van der Waals surface area (Å²) in [7, 11) is 0. The first-order valence-electron chi connectivity index (χ1n) is 8.85. The lowest BCUT2D eigenvalue weighted by molar-refractivity contribution is -0.137. The van der Waals surface area contributed by atoms with Crippen LogP contribution in [0.25, 0.3) is 22.6 Å². The second-order valence-corrected chi connectivity index (χ2v) is 7.80. The van der Waals surface area contributed by atoms with Gasteiger partial charge < -0.3 is 9.63 Å². The summed E-state index contributed by atoms with van der Waals surface area (Å²) in [6.45, 7) is 0. The van der Waals surface area contributed by atoms with E-state index in [0.717, 1.165) is 15.7 Å². The topological polar surface area (TPSA) is 59.2 Å². The van der Waals surface area contributed by atoms with Crippen molar-refractivity contribution in [3.63, 3.8) is 0 Å². The average Bonchev–Trinajstić information content (AvgIpc) is 3.18. The van der Waals surface area contributed by atoms with Crippen molar-refractivity contribution in [2.24, 2.45) is 0 Å². The third-order valence-electron chi connectivity index (χ3n) is 4.55. The average molecular weight is 522 g/mol. The fourth-order valence-corrected chi connectivity index (χ4v) is 3.69. The molecule has 152 valence electrons. The van der Waals surface area contributed by atoms with Crippen molar-refractivity contribution in [3.05, 3.63) is 93.3 Å². The monoisotopic (exact) mass is 522 g/mol. The van der Waals surface area contributed by atoms with Gasteiger partial charge >= 0.3 is 6.18 Å². The van der Waals surface area contributed by atoms with E-state index < -0.39 is 17.8 Å². The van der Waals surface area contributed by atoms with Gasteiger partial charge in [-0.15, -0.1) is 0 Å². The third kappa shape index (κ3) is 4.10. The lowest BCUT2D eigenvalue weighted by Gasteiger charge is -2.13. The minimum absolute atomic E-state index is 0.145. The Bertz CT molecular complexity index is 1180. The molecule has 4 rings (SSSR count). The number of benzene rings is 2. The van der Waals surface area contributed by atoms with Crippen molar-refractivity contribution in [2.75, 3.05) is 0 Å². The first kappa shape index (κ1) is 20.5. The summed E-state index contributed by atoms with van der Waals surface area (Å²) in [6, 6.07) is 15.5. The van der Waals surface area contributed by atoms with Gasteiger partial charge in [-0.2, -0.15) is 13.2 Å². The van der Waals surface area contributed by atoms with Crippen molar-refractivity contribution < 1.29 is 22.8 Å². The Morgan fingerprint density at radius 2 is 1.73 bits per heavy atom. The van der Waals surface area contributed by atoms with Crippen LogP contribution in [0.3, 0.4) is 0 Å². The SMILES string of the molecule is OC(c1cccnc1)c1c(-c2cccc(C(F)(F)F)c2)noc1-c1cccc(I)c1.